The molecule has 9 nitrogen and oxygen atoms in total. The number of aromatic nitrogens is 4. The molecule has 0 spiro atoms. The molecular formula is C19H19F3N6O3. The van der Waals surface area contributed by atoms with Crippen LogP contribution < -0.4 is 5.32 Å². The molecule has 0 aliphatic carbocycles. The van der Waals surface area contributed by atoms with Crippen LogP contribution >= 0.6 is 0 Å². The minimum Gasteiger partial charge on any atom is -0.317 e. The van der Waals surface area contributed by atoms with Crippen molar-refractivity contribution in [2.45, 2.75) is 40.0 Å². The third-order valence-corrected chi connectivity index (χ3v) is 4.74. The van der Waals surface area contributed by atoms with Gasteiger partial charge < -0.3 is 5.32 Å². The molecule has 0 radical (unpaired) electrons. The first-order valence-corrected chi connectivity index (χ1v) is 9.24. The number of carbonyl (C=O) groups excluding carboxylic acids is 1. The zero-order valence-electron chi connectivity index (χ0n) is 16.9. The van der Waals surface area contributed by atoms with Crippen molar-refractivity contribution >= 4 is 17.3 Å². The fourth-order valence-electron chi connectivity index (χ4n) is 3.21. The van der Waals surface area contributed by atoms with Crippen LogP contribution in [-0.4, -0.2) is 30.4 Å². The number of nitrogens with one attached hydrogen (secondary N) is 1. The molecule has 31 heavy (non-hydrogen) atoms. The maximum atomic E-state index is 13.0. The number of aryl methyl sites for hydroxylation is 2. The van der Waals surface area contributed by atoms with E-state index in [-0.39, 0.29) is 18.8 Å². The van der Waals surface area contributed by atoms with Gasteiger partial charge in [-0.05, 0) is 38.5 Å². The number of anilines is 1. The van der Waals surface area contributed by atoms with Gasteiger partial charge in [0.05, 0.1) is 34.1 Å². The van der Waals surface area contributed by atoms with E-state index in [1.54, 1.807) is 26.8 Å². The Morgan fingerprint density at radius 1 is 1.26 bits per heavy atom. The summed E-state index contributed by atoms with van der Waals surface area (Å²) in [4.78, 5) is 23.3. The lowest BCUT2D eigenvalue weighted by molar-refractivity contribution is -0.385. The van der Waals surface area contributed by atoms with Crippen molar-refractivity contribution in [2.75, 3.05) is 5.32 Å². The van der Waals surface area contributed by atoms with Crippen LogP contribution in [0.15, 0.2) is 30.5 Å². The van der Waals surface area contributed by atoms with E-state index in [9.17, 15) is 28.1 Å². The van der Waals surface area contributed by atoms with E-state index in [0.29, 0.717) is 22.6 Å². The van der Waals surface area contributed by atoms with Gasteiger partial charge in [0.25, 0.3) is 5.91 Å². The molecule has 3 rings (SSSR count). The van der Waals surface area contributed by atoms with Gasteiger partial charge in [-0.3, -0.25) is 24.3 Å². The minimum atomic E-state index is -4.46. The van der Waals surface area contributed by atoms with Gasteiger partial charge in [0, 0.05) is 6.54 Å². The minimum absolute atomic E-state index is 0.0551. The van der Waals surface area contributed by atoms with Crippen LogP contribution in [-0.2, 0) is 19.3 Å². The van der Waals surface area contributed by atoms with Gasteiger partial charge in [0.1, 0.15) is 6.20 Å². The Bertz CT molecular complexity index is 1150. The topological polar surface area (TPSA) is 108 Å². The van der Waals surface area contributed by atoms with Gasteiger partial charge in [-0.2, -0.15) is 23.4 Å². The Morgan fingerprint density at radius 2 is 1.97 bits per heavy atom. The molecule has 3 aromatic rings. The lowest BCUT2D eigenvalue weighted by atomic mass is 10.1. The van der Waals surface area contributed by atoms with Crippen molar-refractivity contribution in [1.29, 1.82) is 0 Å². The van der Waals surface area contributed by atoms with Crippen molar-refractivity contribution in [3.8, 4) is 0 Å². The molecule has 1 amide bonds. The van der Waals surface area contributed by atoms with Crippen molar-refractivity contribution in [1.82, 2.24) is 19.6 Å². The summed E-state index contributed by atoms with van der Waals surface area (Å²) >= 11 is 0. The Hall–Kier alpha value is -3.70. The zero-order chi connectivity index (χ0) is 22.9. The van der Waals surface area contributed by atoms with Gasteiger partial charge in [-0.1, -0.05) is 12.1 Å². The van der Waals surface area contributed by atoms with Crippen LogP contribution in [0.5, 0.6) is 0 Å². The molecule has 2 heterocycles. The first-order chi connectivity index (χ1) is 14.5. The van der Waals surface area contributed by atoms with Gasteiger partial charge in [0.15, 0.2) is 0 Å². The second-order valence-electron chi connectivity index (χ2n) is 6.81. The summed E-state index contributed by atoms with van der Waals surface area (Å²) in [5.41, 5.74) is 0.243. The summed E-state index contributed by atoms with van der Waals surface area (Å²) in [5, 5.41) is 22.0. The highest BCUT2D eigenvalue weighted by Crippen LogP contribution is 2.30. The SMILES string of the molecule is CCn1ncc([N+](=O)[O-])c1C(=O)Nc1c(C)nn(Cc2cccc(C(F)(F)F)c2)c1C. The van der Waals surface area contributed by atoms with E-state index >= 15 is 0 Å². The van der Waals surface area contributed by atoms with E-state index < -0.39 is 28.3 Å². The largest absolute Gasteiger partial charge is 0.416 e. The summed E-state index contributed by atoms with van der Waals surface area (Å²) in [6.45, 7) is 5.27. The van der Waals surface area contributed by atoms with Crippen LogP contribution in [0.3, 0.4) is 0 Å². The molecular weight excluding hydrogens is 417 g/mol. The molecule has 2 aromatic heterocycles. The Morgan fingerprint density at radius 3 is 2.58 bits per heavy atom. The number of amides is 1. The molecule has 12 heteroatoms. The molecule has 164 valence electrons. The van der Waals surface area contributed by atoms with Gasteiger partial charge in [-0.25, -0.2) is 0 Å². The molecule has 0 saturated carbocycles. The highest BCUT2D eigenvalue weighted by molar-refractivity contribution is 6.06. The van der Waals surface area contributed by atoms with Crippen molar-refractivity contribution in [2.24, 2.45) is 0 Å². The average Bonchev–Trinajstić information content (AvgIpc) is 3.24. The van der Waals surface area contributed by atoms with E-state index in [0.717, 1.165) is 18.3 Å². The number of nitrogens with zero attached hydrogens (tertiary/aromatic N) is 5. The Kier molecular flexibility index (Phi) is 5.82. The van der Waals surface area contributed by atoms with Crippen LogP contribution in [0.4, 0.5) is 24.5 Å². The number of nitro groups is 1. The summed E-state index contributed by atoms with van der Waals surface area (Å²) in [6.07, 6.45) is -3.45. The second kappa shape index (κ2) is 8.20. The van der Waals surface area contributed by atoms with E-state index in [1.165, 1.54) is 15.4 Å². The van der Waals surface area contributed by atoms with Crippen LogP contribution in [0, 0.1) is 24.0 Å². The van der Waals surface area contributed by atoms with Gasteiger partial charge >= 0.3 is 11.9 Å². The maximum Gasteiger partial charge on any atom is 0.416 e. The number of carbonyl (C=O) groups is 1. The predicted octanol–water partition coefficient (Wildman–Crippen LogP) is 3.94. The third kappa shape index (κ3) is 4.42. The molecule has 0 bridgehead atoms. The maximum absolute atomic E-state index is 13.0. The summed E-state index contributed by atoms with van der Waals surface area (Å²) in [5.74, 6) is -0.726. The van der Waals surface area contributed by atoms with Gasteiger partial charge in [0.2, 0.25) is 5.69 Å². The molecule has 1 aromatic carbocycles. The molecule has 0 aliphatic heterocycles. The van der Waals surface area contributed by atoms with Crippen molar-refractivity contribution in [3.05, 3.63) is 68.8 Å². The van der Waals surface area contributed by atoms with E-state index in [2.05, 4.69) is 15.5 Å². The molecule has 0 saturated heterocycles. The molecule has 0 atom stereocenters. The van der Waals surface area contributed by atoms with Crippen molar-refractivity contribution in [3.63, 3.8) is 0 Å². The summed E-state index contributed by atoms with van der Waals surface area (Å²) in [6, 6.07) is 4.89. The fourth-order valence-corrected chi connectivity index (χ4v) is 3.21. The number of hydrogen-bond acceptors (Lipinski definition) is 5. The van der Waals surface area contributed by atoms with Crippen LogP contribution in [0.25, 0.3) is 0 Å². The predicted molar refractivity (Wildman–Crippen MR) is 105 cm³/mol. The zero-order valence-corrected chi connectivity index (χ0v) is 16.9. The normalized spacial score (nSPS) is 11.5. The standard InChI is InChI=1S/C19H19F3N6O3/c1-4-26-17(15(9-23-26)28(30)31)18(29)24-16-11(2)25-27(12(16)3)10-13-6-5-7-14(8-13)19(20,21)22/h5-9H,4,10H2,1-3H3,(H,24,29). The lowest BCUT2D eigenvalue weighted by Crippen LogP contribution is -2.19. The molecule has 0 unspecified atom stereocenters. The summed E-state index contributed by atoms with van der Waals surface area (Å²) in [7, 11) is 0. The third-order valence-electron chi connectivity index (χ3n) is 4.74. The first-order valence-electron chi connectivity index (χ1n) is 9.24. The summed E-state index contributed by atoms with van der Waals surface area (Å²) < 4.78 is 41.6. The van der Waals surface area contributed by atoms with Crippen LogP contribution in [0.2, 0.25) is 0 Å². The average molecular weight is 436 g/mol. The van der Waals surface area contributed by atoms with Crippen LogP contribution in [0.1, 0.15) is 39.9 Å². The Labute approximate surface area is 174 Å². The van der Waals surface area contributed by atoms with E-state index in [4.69, 9.17) is 0 Å². The molecule has 0 aliphatic rings. The smallest absolute Gasteiger partial charge is 0.317 e. The van der Waals surface area contributed by atoms with Gasteiger partial charge in [-0.15, -0.1) is 0 Å². The molecule has 0 fully saturated rings. The number of halogens is 3. The second-order valence-corrected chi connectivity index (χ2v) is 6.81. The highest BCUT2D eigenvalue weighted by Gasteiger charge is 2.31. The molecule has 1 N–H and O–H groups in total. The number of alkyl halides is 3. The van der Waals surface area contributed by atoms with E-state index in [1.807, 2.05) is 0 Å². The van der Waals surface area contributed by atoms with Crippen molar-refractivity contribution < 1.29 is 22.9 Å². The number of benzene rings is 1. The first kappa shape index (κ1) is 22.0. The fraction of sp³-hybridized carbons (Fsp3) is 0.316. The Balaban J connectivity index is 1.89. The monoisotopic (exact) mass is 436 g/mol. The highest BCUT2D eigenvalue weighted by atomic mass is 19.4. The number of hydrogen-bond donors (Lipinski definition) is 1. The quantitative estimate of drug-likeness (QED) is 0.465. The number of rotatable bonds is 6. The lowest BCUT2D eigenvalue weighted by Gasteiger charge is -2.10.